The molecule has 0 spiro atoms. The Morgan fingerprint density at radius 1 is 1.16 bits per heavy atom. The number of amides is 2. The van der Waals surface area contributed by atoms with E-state index in [9.17, 15) is 4.79 Å². The lowest BCUT2D eigenvalue weighted by molar-refractivity contribution is 0.190. The highest BCUT2D eigenvalue weighted by atomic mass is 16.5. The molecule has 1 aromatic heterocycles. The Balaban J connectivity index is 1.69. The van der Waals surface area contributed by atoms with Crippen LogP contribution in [0.1, 0.15) is 18.9 Å². The lowest BCUT2D eigenvalue weighted by atomic mass is 10.2. The fraction of sp³-hybridized carbons (Fsp3) is 0.158. The van der Waals surface area contributed by atoms with Crippen LogP contribution in [-0.4, -0.2) is 18.1 Å². The molecular formula is C19H19N3O3. The second-order valence-electron chi connectivity index (χ2n) is 5.58. The van der Waals surface area contributed by atoms with Gasteiger partial charge in [0.15, 0.2) is 11.9 Å². The standard InChI is InChI=1S/C19H19N3O3/c1-13(18-21-12-17(25-18)14-6-4-3-5-7-14)24-16-10-8-15(9-11-16)22(2)19(20)23/h3-13H,1-2H3,(H2,20,23)/t13-/m1/s1. The summed E-state index contributed by atoms with van der Waals surface area (Å²) in [4.78, 5) is 16.8. The lowest BCUT2D eigenvalue weighted by Gasteiger charge is -2.16. The number of oxazole rings is 1. The van der Waals surface area contributed by atoms with Gasteiger partial charge in [-0.3, -0.25) is 4.90 Å². The minimum absolute atomic E-state index is 0.350. The molecule has 1 heterocycles. The van der Waals surface area contributed by atoms with E-state index in [4.69, 9.17) is 14.9 Å². The first-order chi connectivity index (χ1) is 12.0. The molecule has 3 rings (SSSR count). The van der Waals surface area contributed by atoms with E-state index in [1.54, 1.807) is 37.5 Å². The summed E-state index contributed by atoms with van der Waals surface area (Å²) < 4.78 is 11.6. The predicted molar refractivity (Wildman–Crippen MR) is 95.4 cm³/mol. The minimum Gasteiger partial charge on any atom is -0.481 e. The number of nitrogens with two attached hydrogens (primary N) is 1. The molecule has 3 aromatic rings. The summed E-state index contributed by atoms with van der Waals surface area (Å²) in [6, 6.07) is 16.3. The number of nitrogens with zero attached hydrogens (tertiary/aromatic N) is 2. The molecule has 0 saturated heterocycles. The number of carbonyl (C=O) groups is 1. The van der Waals surface area contributed by atoms with Crippen molar-refractivity contribution in [3.05, 3.63) is 66.7 Å². The molecule has 0 bridgehead atoms. The Labute approximate surface area is 145 Å². The van der Waals surface area contributed by atoms with Crippen LogP contribution in [0.25, 0.3) is 11.3 Å². The summed E-state index contributed by atoms with van der Waals surface area (Å²) in [7, 11) is 1.61. The first-order valence-electron chi connectivity index (χ1n) is 7.85. The second-order valence-corrected chi connectivity index (χ2v) is 5.58. The van der Waals surface area contributed by atoms with Crippen LogP contribution >= 0.6 is 0 Å². The van der Waals surface area contributed by atoms with Crippen LogP contribution in [0.15, 0.2) is 65.2 Å². The molecule has 6 nitrogen and oxygen atoms in total. The number of rotatable bonds is 5. The van der Waals surface area contributed by atoms with Gasteiger partial charge in [0.05, 0.1) is 6.20 Å². The van der Waals surface area contributed by atoms with Crippen molar-refractivity contribution < 1.29 is 13.9 Å². The van der Waals surface area contributed by atoms with Gasteiger partial charge in [0.25, 0.3) is 0 Å². The molecule has 25 heavy (non-hydrogen) atoms. The zero-order valence-electron chi connectivity index (χ0n) is 14.0. The van der Waals surface area contributed by atoms with E-state index in [1.165, 1.54) is 4.90 Å². The Morgan fingerprint density at radius 3 is 2.48 bits per heavy atom. The zero-order valence-corrected chi connectivity index (χ0v) is 14.0. The van der Waals surface area contributed by atoms with Crippen LogP contribution in [0.2, 0.25) is 0 Å². The Hall–Kier alpha value is -3.28. The molecule has 0 aliphatic rings. The Bertz CT molecular complexity index is 844. The number of anilines is 1. The summed E-state index contributed by atoms with van der Waals surface area (Å²) >= 11 is 0. The van der Waals surface area contributed by atoms with Crippen LogP contribution in [0.5, 0.6) is 5.75 Å². The number of hydrogen-bond donors (Lipinski definition) is 1. The maximum Gasteiger partial charge on any atom is 0.318 e. The molecule has 128 valence electrons. The number of ether oxygens (including phenoxy) is 1. The topological polar surface area (TPSA) is 81.6 Å². The van der Waals surface area contributed by atoms with E-state index in [1.807, 2.05) is 37.3 Å². The number of hydrogen-bond acceptors (Lipinski definition) is 4. The fourth-order valence-corrected chi connectivity index (χ4v) is 2.34. The van der Waals surface area contributed by atoms with Crippen LogP contribution in [0, 0.1) is 0 Å². The van der Waals surface area contributed by atoms with Crippen molar-refractivity contribution in [2.45, 2.75) is 13.0 Å². The van der Waals surface area contributed by atoms with E-state index >= 15 is 0 Å². The molecule has 0 saturated carbocycles. The molecule has 2 aromatic carbocycles. The third-order valence-corrected chi connectivity index (χ3v) is 3.80. The third-order valence-electron chi connectivity index (χ3n) is 3.80. The first kappa shape index (κ1) is 16.6. The van der Waals surface area contributed by atoms with Gasteiger partial charge in [-0.2, -0.15) is 0 Å². The minimum atomic E-state index is -0.518. The molecule has 6 heteroatoms. The number of urea groups is 1. The highest BCUT2D eigenvalue weighted by Gasteiger charge is 2.15. The van der Waals surface area contributed by atoms with Gasteiger partial charge in [-0.15, -0.1) is 0 Å². The summed E-state index contributed by atoms with van der Waals surface area (Å²) in [6.07, 6.45) is 1.34. The molecule has 0 aliphatic heterocycles. The summed E-state index contributed by atoms with van der Waals surface area (Å²) in [5.41, 5.74) is 6.90. The van der Waals surface area contributed by atoms with E-state index in [0.29, 0.717) is 23.1 Å². The van der Waals surface area contributed by atoms with Crippen molar-refractivity contribution in [1.82, 2.24) is 4.98 Å². The normalized spacial score (nSPS) is 11.8. The summed E-state index contributed by atoms with van der Waals surface area (Å²) in [5.74, 6) is 1.84. The molecule has 0 unspecified atom stereocenters. The van der Waals surface area contributed by atoms with Gasteiger partial charge in [0.2, 0.25) is 5.89 Å². The van der Waals surface area contributed by atoms with E-state index in [2.05, 4.69) is 4.98 Å². The fourth-order valence-electron chi connectivity index (χ4n) is 2.34. The van der Waals surface area contributed by atoms with Gasteiger partial charge in [-0.25, -0.2) is 9.78 Å². The number of benzene rings is 2. The highest BCUT2D eigenvalue weighted by molar-refractivity contribution is 5.90. The molecule has 0 radical (unpaired) electrons. The van der Waals surface area contributed by atoms with Crippen molar-refractivity contribution in [3.8, 4) is 17.1 Å². The smallest absolute Gasteiger partial charge is 0.318 e. The van der Waals surface area contributed by atoms with Crippen molar-refractivity contribution in [2.24, 2.45) is 5.73 Å². The molecule has 0 aliphatic carbocycles. The average molecular weight is 337 g/mol. The average Bonchev–Trinajstić information content (AvgIpc) is 3.13. The third kappa shape index (κ3) is 3.80. The maximum absolute atomic E-state index is 11.2. The lowest BCUT2D eigenvalue weighted by Crippen LogP contribution is -2.31. The molecule has 2 N–H and O–H groups in total. The highest BCUT2D eigenvalue weighted by Crippen LogP contribution is 2.27. The van der Waals surface area contributed by atoms with Crippen molar-refractivity contribution in [3.63, 3.8) is 0 Å². The maximum atomic E-state index is 11.2. The number of primary amides is 1. The second kappa shape index (κ2) is 7.09. The summed E-state index contributed by atoms with van der Waals surface area (Å²) in [5, 5.41) is 0. The van der Waals surface area contributed by atoms with E-state index in [-0.39, 0.29) is 6.10 Å². The Kier molecular flexibility index (Phi) is 4.70. The largest absolute Gasteiger partial charge is 0.481 e. The van der Waals surface area contributed by atoms with Crippen LogP contribution in [-0.2, 0) is 0 Å². The van der Waals surface area contributed by atoms with Crippen molar-refractivity contribution in [1.29, 1.82) is 0 Å². The molecule has 2 amide bonds. The zero-order chi connectivity index (χ0) is 17.8. The first-order valence-corrected chi connectivity index (χ1v) is 7.85. The van der Waals surface area contributed by atoms with Gasteiger partial charge >= 0.3 is 6.03 Å². The van der Waals surface area contributed by atoms with Crippen LogP contribution in [0.3, 0.4) is 0 Å². The molecular weight excluding hydrogens is 318 g/mol. The predicted octanol–water partition coefficient (Wildman–Crippen LogP) is 4.00. The van der Waals surface area contributed by atoms with Gasteiger partial charge in [-0.1, -0.05) is 30.3 Å². The van der Waals surface area contributed by atoms with E-state index in [0.717, 1.165) is 5.56 Å². The Morgan fingerprint density at radius 2 is 1.84 bits per heavy atom. The molecule has 1 atom stereocenters. The SMILES string of the molecule is C[C@@H](Oc1ccc(N(C)C(N)=O)cc1)c1ncc(-c2ccccc2)o1. The quantitative estimate of drug-likeness (QED) is 0.763. The van der Waals surface area contributed by atoms with Crippen LogP contribution < -0.4 is 15.4 Å². The van der Waals surface area contributed by atoms with Crippen LogP contribution in [0.4, 0.5) is 10.5 Å². The molecule has 0 fully saturated rings. The number of aromatic nitrogens is 1. The number of carbonyl (C=O) groups excluding carboxylic acids is 1. The van der Waals surface area contributed by atoms with Crippen molar-refractivity contribution in [2.75, 3.05) is 11.9 Å². The van der Waals surface area contributed by atoms with Gasteiger partial charge in [-0.05, 0) is 31.2 Å². The van der Waals surface area contributed by atoms with Gasteiger partial charge in [0.1, 0.15) is 5.75 Å². The monoisotopic (exact) mass is 337 g/mol. The van der Waals surface area contributed by atoms with Crippen molar-refractivity contribution >= 4 is 11.7 Å². The van der Waals surface area contributed by atoms with Gasteiger partial charge < -0.3 is 14.9 Å². The summed E-state index contributed by atoms with van der Waals surface area (Å²) in [6.45, 7) is 1.87. The van der Waals surface area contributed by atoms with Gasteiger partial charge in [0, 0.05) is 18.3 Å². The van der Waals surface area contributed by atoms with E-state index < -0.39 is 6.03 Å².